The molecule has 2 saturated heterocycles. The summed E-state index contributed by atoms with van der Waals surface area (Å²) in [6.07, 6.45) is 1.30. The summed E-state index contributed by atoms with van der Waals surface area (Å²) in [5.41, 5.74) is 1.09. The van der Waals surface area contributed by atoms with Gasteiger partial charge in [0, 0.05) is 44.2 Å². The maximum atomic E-state index is 4.82. The summed E-state index contributed by atoms with van der Waals surface area (Å²) in [7, 11) is 0. The second kappa shape index (κ2) is 5.62. The topological polar surface area (TPSA) is 31.4 Å². The highest BCUT2D eigenvalue weighted by Crippen LogP contribution is 2.20. The molecule has 1 atom stereocenters. The van der Waals surface area contributed by atoms with E-state index in [4.69, 9.17) is 4.98 Å². The molecule has 110 valence electrons. The minimum Gasteiger partial charge on any atom is -0.354 e. The lowest BCUT2D eigenvalue weighted by atomic mass is 10.2. The molecule has 1 unspecified atom stereocenters. The van der Waals surface area contributed by atoms with Crippen LogP contribution in [0.4, 0.5) is 5.82 Å². The van der Waals surface area contributed by atoms with Gasteiger partial charge >= 0.3 is 0 Å². The zero-order valence-corrected chi connectivity index (χ0v) is 12.3. The quantitative estimate of drug-likeness (QED) is 0.909. The SMILES string of the molecule is c1ccc2nc(N3CCN(C4CCNC4)CC3)ccc2c1. The lowest BCUT2D eigenvalue weighted by Gasteiger charge is -2.38. The van der Waals surface area contributed by atoms with Crippen LogP contribution in [0.5, 0.6) is 0 Å². The minimum atomic E-state index is 0.747. The van der Waals surface area contributed by atoms with Crippen LogP contribution in [0.3, 0.4) is 0 Å². The Kier molecular flexibility index (Phi) is 3.49. The van der Waals surface area contributed by atoms with Gasteiger partial charge in [-0.2, -0.15) is 0 Å². The Bertz CT molecular complexity index is 613. The number of nitrogens with one attached hydrogen (secondary N) is 1. The molecule has 1 N–H and O–H groups in total. The van der Waals surface area contributed by atoms with Gasteiger partial charge in [-0.1, -0.05) is 18.2 Å². The van der Waals surface area contributed by atoms with Crippen LogP contribution in [0.15, 0.2) is 36.4 Å². The third kappa shape index (κ3) is 2.61. The molecule has 1 aromatic heterocycles. The second-order valence-electron chi connectivity index (χ2n) is 6.03. The third-order valence-corrected chi connectivity index (χ3v) is 4.77. The highest BCUT2D eigenvalue weighted by Gasteiger charge is 2.26. The van der Waals surface area contributed by atoms with E-state index >= 15 is 0 Å². The first-order valence-corrected chi connectivity index (χ1v) is 7.96. The molecular formula is C17H22N4. The highest BCUT2D eigenvalue weighted by atomic mass is 15.3. The third-order valence-electron chi connectivity index (χ3n) is 4.77. The standard InChI is InChI=1S/C17H22N4/c1-2-4-16-14(3-1)5-6-17(19-16)21-11-9-20(10-12-21)15-7-8-18-13-15/h1-6,15,18H,7-13H2. The molecule has 0 aliphatic carbocycles. The Morgan fingerprint density at radius 1 is 1.00 bits per heavy atom. The van der Waals surface area contributed by atoms with Crippen LogP contribution >= 0.6 is 0 Å². The van der Waals surface area contributed by atoms with Crippen molar-refractivity contribution >= 4 is 16.7 Å². The van der Waals surface area contributed by atoms with Crippen molar-refractivity contribution in [1.82, 2.24) is 15.2 Å². The summed E-state index contributed by atoms with van der Waals surface area (Å²) in [5, 5.41) is 4.68. The molecule has 21 heavy (non-hydrogen) atoms. The smallest absolute Gasteiger partial charge is 0.129 e. The largest absolute Gasteiger partial charge is 0.354 e. The number of para-hydroxylation sites is 1. The van der Waals surface area contributed by atoms with Crippen LogP contribution in [0.1, 0.15) is 6.42 Å². The van der Waals surface area contributed by atoms with E-state index in [0.717, 1.165) is 50.1 Å². The molecule has 1 aromatic carbocycles. The van der Waals surface area contributed by atoms with Crippen molar-refractivity contribution in [2.24, 2.45) is 0 Å². The van der Waals surface area contributed by atoms with Gasteiger partial charge in [0.25, 0.3) is 0 Å². The molecule has 4 heteroatoms. The fourth-order valence-electron chi connectivity index (χ4n) is 3.50. The molecule has 4 rings (SSSR count). The van der Waals surface area contributed by atoms with Crippen molar-refractivity contribution in [1.29, 1.82) is 0 Å². The number of hydrogen-bond donors (Lipinski definition) is 1. The predicted octanol–water partition coefficient (Wildman–Crippen LogP) is 1.72. The average molecular weight is 282 g/mol. The average Bonchev–Trinajstić information content (AvgIpc) is 3.09. The summed E-state index contributed by atoms with van der Waals surface area (Å²) >= 11 is 0. The van der Waals surface area contributed by atoms with Crippen molar-refractivity contribution in [3.63, 3.8) is 0 Å². The minimum absolute atomic E-state index is 0.747. The summed E-state index contributed by atoms with van der Waals surface area (Å²) < 4.78 is 0. The van der Waals surface area contributed by atoms with Crippen LogP contribution in [0.25, 0.3) is 10.9 Å². The van der Waals surface area contributed by atoms with Crippen LogP contribution in [-0.2, 0) is 0 Å². The number of anilines is 1. The molecular weight excluding hydrogens is 260 g/mol. The zero-order valence-electron chi connectivity index (χ0n) is 12.3. The van der Waals surface area contributed by atoms with Gasteiger partial charge in [-0.05, 0) is 31.2 Å². The number of pyridine rings is 1. The van der Waals surface area contributed by atoms with Crippen molar-refractivity contribution in [2.45, 2.75) is 12.5 Å². The molecule has 0 spiro atoms. The van der Waals surface area contributed by atoms with Crippen molar-refractivity contribution in [2.75, 3.05) is 44.2 Å². The van der Waals surface area contributed by atoms with Gasteiger partial charge in [-0.3, -0.25) is 4.90 Å². The Balaban J connectivity index is 1.46. The number of piperazine rings is 1. The fraction of sp³-hybridized carbons (Fsp3) is 0.471. The summed E-state index contributed by atoms with van der Waals surface area (Å²) in [6, 6.07) is 13.4. The fourth-order valence-corrected chi connectivity index (χ4v) is 3.50. The van der Waals surface area contributed by atoms with E-state index in [-0.39, 0.29) is 0 Å². The van der Waals surface area contributed by atoms with E-state index in [1.54, 1.807) is 0 Å². The molecule has 2 aromatic rings. The summed E-state index contributed by atoms with van der Waals surface area (Å²) in [4.78, 5) is 9.87. The molecule has 2 aliphatic heterocycles. The van der Waals surface area contributed by atoms with E-state index < -0.39 is 0 Å². The van der Waals surface area contributed by atoms with Crippen LogP contribution in [0.2, 0.25) is 0 Å². The van der Waals surface area contributed by atoms with E-state index in [2.05, 4.69) is 51.5 Å². The van der Waals surface area contributed by atoms with Crippen molar-refractivity contribution in [3.8, 4) is 0 Å². The van der Waals surface area contributed by atoms with Gasteiger partial charge < -0.3 is 10.2 Å². The zero-order chi connectivity index (χ0) is 14.1. The number of hydrogen-bond acceptors (Lipinski definition) is 4. The van der Waals surface area contributed by atoms with E-state index in [9.17, 15) is 0 Å². The number of fused-ring (bicyclic) bond motifs is 1. The molecule has 0 saturated carbocycles. The first-order chi connectivity index (χ1) is 10.4. The Morgan fingerprint density at radius 2 is 1.86 bits per heavy atom. The predicted molar refractivity (Wildman–Crippen MR) is 86.8 cm³/mol. The van der Waals surface area contributed by atoms with Gasteiger partial charge in [0.15, 0.2) is 0 Å². The molecule has 4 nitrogen and oxygen atoms in total. The lowest BCUT2D eigenvalue weighted by Crippen LogP contribution is -2.51. The van der Waals surface area contributed by atoms with Crippen LogP contribution in [-0.4, -0.2) is 55.2 Å². The van der Waals surface area contributed by atoms with Gasteiger partial charge in [0.1, 0.15) is 5.82 Å². The number of aromatic nitrogens is 1. The molecule has 0 radical (unpaired) electrons. The molecule has 2 fully saturated rings. The highest BCUT2D eigenvalue weighted by molar-refractivity contribution is 5.80. The summed E-state index contributed by atoms with van der Waals surface area (Å²) in [6.45, 7) is 6.82. The summed E-state index contributed by atoms with van der Waals surface area (Å²) in [5.74, 6) is 1.12. The normalized spacial score (nSPS) is 23.8. The molecule has 0 bridgehead atoms. The van der Waals surface area contributed by atoms with Crippen LogP contribution < -0.4 is 10.2 Å². The Labute approximate surface area is 125 Å². The van der Waals surface area contributed by atoms with Crippen molar-refractivity contribution in [3.05, 3.63) is 36.4 Å². The second-order valence-corrected chi connectivity index (χ2v) is 6.03. The van der Waals surface area contributed by atoms with E-state index in [1.165, 1.54) is 18.4 Å². The molecule has 2 aliphatic rings. The van der Waals surface area contributed by atoms with Gasteiger partial charge in [0.05, 0.1) is 5.52 Å². The number of rotatable bonds is 2. The lowest BCUT2D eigenvalue weighted by molar-refractivity contribution is 0.196. The maximum Gasteiger partial charge on any atom is 0.129 e. The van der Waals surface area contributed by atoms with Crippen LogP contribution in [0, 0.1) is 0 Å². The first-order valence-electron chi connectivity index (χ1n) is 7.96. The molecule has 3 heterocycles. The van der Waals surface area contributed by atoms with E-state index in [0.29, 0.717) is 0 Å². The Hall–Kier alpha value is -1.65. The maximum absolute atomic E-state index is 4.82. The Morgan fingerprint density at radius 3 is 2.67 bits per heavy atom. The molecule has 0 amide bonds. The van der Waals surface area contributed by atoms with Crippen molar-refractivity contribution < 1.29 is 0 Å². The van der Waals surface area contributed by atoms with Gasteiger partial charge in [-0.25, -0.2) is 4.98 Å². The number of nitrogens with zero attached hydrogens (tertiary/aromatic N) is 3. The van der Waals surface area contributed by atoms with E-state index in [1.807, 2.05) is 0 Å². The van der Waals surface area contributed by atoms with Gasteiger partial charge in [-0.15, -0.1) is 0 Å². The first kappa shape index (κ1) is 13.0. The number of benzene rings is 1. The monoisotopic (exact) mass is 282 g/mol. The van der Waals surface area contributed by atoms with Gasteiger partial charge in [0.2, 0.25) is 0 Å².